The topological polar surface area (TPSA) is 93.8 Å². The summed E-state index contributed by atoms with van der Waals surface area (Å²) < 4.78 is 33.6. The molecule has 0 unspecified atom stereocenters. The molecule has 0 radical (unpaired) electrons. The van der Waals surface area contributed by atoms with Crippen molar-refractivity contribution in [1.29, 1.82) is 0 Å². The summed E-state index contributed by atoms with van der Waals surface area (Å²) in [5, 5.41) is 14.8. The highest BCUT2D eigenvalue weighted by atomic mass is 19.1. The number of halogens is 2. The molecule has 154 valence electrons. The van der Waals surface area contributed by atoms with E-state index in [1.165, 1.54) is 18.2 Å². The fourth-order valence-electron chi connectivity index (χ4n) is 5.24. The van der Waals surface area contributed by atoms with Gasteiger partial charge in [0.2, 0.25) is 5.91 Å². The number of amides is 1. The molecule has 1 saturated carbocycles. The minimum atomic E-state index is -0.950. The molecule has 2 aliphatic carbocycles. The van der Waals surface area contributed by atoms with Gasteiger partial charge in [0, 0.05) is 0 Å². The first-order chi connectivity index (χ1) is 14.3. The van der Waals surface area contributed by atoms with Crippen LogP contribution in [0.4, 0.5) is 14.8 Å². The summed E-state index contributed by atoms with van der Waals surface area (Å²) >= 11 is 0. The number of hydrogen-bond donors (Lipinski definition) is 1. The van der Waals surface area contributed by atoms with Crippen molar-refractivity contribution < 1.29 is 18.1 Å². The molecule has 2 bridgehead atoms. The number of fused-ring (bicyclic) bond motifs is 5. The van der Waals surface area contributed by atoms with Gasteiger partial charge in [-0.1, -0.05) is 25.1 Å². The van der Waals surface area contributed by atoms with E-state index in [0.29, 0.717) is 17.9 Å². The van der Waals surface area contributed by atoms with Crippen molar-refractivity contribution in [3.05, 3.63) is 53.0 Å². The van der Waals surface area contributed by atoms with Crippen molar-refractivity contribution in [1.82, 2.24) is 20.3 Å². The normalized spacial score (nSPS) is 23.4. The van der Waals surface area contributed by atoms with Crippen LogP contribution in [0.2, 0.25) is 0 Å². The van der Waals surface area contributed by atoms with Crippen LogP contribution in [0.1, 0.15) is 49.7 Å². The second kappa shape index (κ2) is 6.13. The maximum absolute atomic E-state index is 14.3. The van der Waals surface area contributed by atoms with Gasteiger partial charge in [0.25, 0.3) is 0 Å². The zero-order valence-electron chi connectivity index (χ0n) is 16.7. The highest BCUT2D eigenvalue weighted by Gasteiger charge is 2.67. The number of aryl methyl sites for hydroxylation is 1. The largest absolute Gasteiger partial charge is 0.328 e. The summed E-state index contributed by atoms with van der Waals surface area (Å²) in [5.41, 5.74) is -0.178. The van der Waals surface area contributed by atoms with Crippen LogP contribution in [-0.2, 0) is 10.2 Å². The van der Waals surface area contributed by atoms with Gasteiger partial charge in [-0.15, -0.1) is 5.10 Å². The lowest BCUT2D eigenvalue weighted by Crippen LogP contribution is -2.46. The summed E-state index contributed by atoms with van der Waals surface area (Å²) in [5.74, 6) is -1.28. The van der Waals surface area contributed by atoms with Gasteiger partial charge in [0.15, 0.2) is 5.82 Å². The third-order valence-corrected chi connectivity index (χ3v) is 6.74. The second-order valence-corrected chi connectivity index (χ2v) is 8.45. The monoisotopic (exact) mass is 411 g/mol. The number of carbonyl (C=O) groups is 1. The van der Waals surface area contributed by atoms with E-state index in [1.54, 1.807) is 13.0 Å². The maximum Gasteiger partial charge on any atom is 0.328 e. The SMILES string of the molecule is Cc1noc(NC(=O)[C@]23CC[C@H](c4cc(-c5c(F)cccc5F)nnc42)C3(C)C)n1. The molecule has 3 aromatic rings. The van der Waals surface area contributed by atoms with Crippen molar-refractivity contribution in [2.75, 3.05) is 5.32 Å². The number of nitrogens with zero attached hydrogens (tertiary/aromatic N) is 4. The lowest BCUT2D eigenvalue weighted by atomic mass is 9.68. The van der Waals surface area contributed by atoms with Crippen LogP contribution in [0.3, 0.4) is 0 Å². The van der Waals surface area contributed by atoms with Crippen molar-refractivity contribution in [2.45, 2.75) is 44.9 Å². The predicted octanol–water partition coefficient (Wildman–Crippen LogP) is 3.91. The number of hydrogen-bond acceptors (Lipinski definition) is 6. The quantitative estimate of drug-likeness (QED) is 0.702. The number of anilines is 1. The smallest absolute Gasteiger partial charge is 0.315 e. The zero-order valence-corrected chi connectivity index (χ0v) is 16.7. The van der Waals surface area contributed by atoms with Crippen LogP contribution in [0, 0.1) is 24.0 Å². The lowest BCUT2D eigenvalue weighted by molar-refractivity contribution is -0.124. The minimum Gasteiger partial charge on any atom is -0.315 e. The Labute approximate surface area is 170 Å². The number of nitrogens with one attached hydrogen (secondary N) is 1. The fraction of sp³-hybridized carbons (Fsp3) is 0.381. The number of benzene rings is 1. The Morgan fingerprint density at radius 1 is 1.23 bits per heavy atom. The third kappa shape index (κ3) is 2.31. The van der Waals surface area contributed by atoms with E-state index >= 15 is 0 Å². The molecular formula is C21H19F2N5O2. The summed E-state index contributed by atoms with van der Waals surface area (Å²) in [6.45, 7) is 5.68. The van der Waals surface area contributed by atoms with Gasteiger partial charge < -0.3 is 4.52 Å². The molecule has 9 heteroatoms. The van der Waals surface area contributed by atoms with Crippen LogP contribution >= 0.6 is 0 Å². The summed E-state index contributed by atoms with van der Waals surface area (Å²) in [6, 6.07) is 5.37. The molecule has 5 rings (SSSR count). The van der Waals surface area contributed by atoms with Gasteiger partial charge >= 0.3 is 6.01 Å². The van der Waals surface area contributed by atoms with E-state index in [9.17, 15) is 13.6 Å². The van der Waals surface area contributed by atoms with Crippen LogP contribution < -0.4 is 5.32 Å². The third-order valence-electron chi connectivity index (χ3n) is 6.74. The molecule has 2 atom stereocenters. The first-order valence-electron chi connectivity index (χ1n) is 9.70. The minimum absolute atomic E-state index is 0.00626. The average Bonchev–Trinajstić information content (AvgIpc) is 3.28. The van der Waals surface area contributed by atoms with Gasteiger partial charge in [0.05, 0.1) is 22.4 Å². The van der Waals surface area contributed by atoms with Crippen molar-refractivity contribution in [3.8, 4) is 11.3 Å². The van der Waals surface area contributed by atoms with E-state index in [2.05, 4.69) is 25.7 Å². The van der Waals surface area contributed by atoms with Gasteiger partial charge in [-0.3, -0.25) is 10.1 Å². The molecular weight excluding hydrogens is 392 g/mol. The van der Waals surface area contributed by atoms with Crippen molar-refractivity contribution in [2.24, 2.45) is 5.41 Å². The first kappa shape index (κ1) is 18.8. The average molecular weight is 411 g/mol. The molecule has 1 fully saturated rings. The van der Waals surface area contributed by atoms with E-state index in [0.717, 1.165) is 12.0 Å². The molecule has 0 saturated heterocycles. The Kier molecular flexibility index (Phi) is 3.84. The fourth-order valence-corrected chi connectivity index (χ4v) is 5.24. The van der Waals surface area contributed by atoms with Gasteiger partial charge in [-0.2, -0.15) is 10.1 Å². The Balaban J connectivity index is 1.61. The van der Waals surface area contributed by atoms with Gasteiger partial charge in [-0.25, -0.2) is 8.78 Å². The summed E-state index contributed by atoms with van der Waals surface area (Å²) in [7, 11) is 0. The van der Waals surface area contributed by atoms with E-state index in [4.69, 9.17) is 4.52 Å². The summed E-state index contributed by atoms with van der Waals surface area (Å²) in [6.07, 6.45) is 1.33. The second-order valence-electron chi connectivity index (χ2n) is 8.45. The molecule has 1 aromatic carbocycles. The molecule has 1 N–H and O–H groups in total. The van der Waals surface area contributed by atoms with Gasteiger partial charge in [-0.05, 0) is 54.9 Å². The lowest BCUT2D eigenvalue weighted by Gasteiger charge is -2.35. The number of rotatable bonds is 3. The molecule has 0 aliphatic heterocycles. The Hall–Kier alpha value is -3.23. The highest BCUT2D eigenvalue weighted by Crippen LogP contribution is 2.67. The van der Waals surface area contributed by atoms with Crippen LogP contribution in [0.5, 0.6) is 0 Å². The zero-order chi connectivity index (χ0) is 21.3. The number of aromatic nitrogens is 4. The first-order valence-corrected chi connectivity index (χ1v) is 9.70. The van der Waals surface area contributed by atoms with Crippen LogP contribution in [-0.4, -0.2) is 26.2 Å². The van der Waals surface area contributed by atoms with Crippen LogP contribution in [0.15, 0.2) is 28.8 Å². The highest BCUT2D eigenvalue weighted by molar-refractivity contribution is 6.00. The number of carbonyl (C=O) groups excluding carboxylic acids is 1. The Bertz CT molecular complexity index is 1170. The van der Waals surface area contributed by atoms with Gasteiger partial charge in [0.1, 0.15) is 11.6 Å². The van der Waals surface area contributed by atoms with E-state index in [-0.39, 0.29) is 29.1 Å². The van der Waals surface area contributed by atoms with Crippen molar-refractivity contribution >= 4 is 11.9 Å². The van der Waals surface area contributed by atoms with E-state index in [1.807, 2.05) is 13.8 Å². The standard InChI is InChI=1S/C21H19F2N5O2/c1-10-24-19(30-28-10)25-18(29)21-8-7-12(20(21,2)3)11-9-15(26-27-17(11)21)16-13(22)5-4-6-14(16)23/h4-6,9,12H,7-8H2,1-3H3,(H,24,25,28,29)/t12-,21+/m1/s1. The van der Waals surface area contributed by atoms with Crippen LogP contribution in [0.25, 0.3) is 11.3 Å². The molecule has 30 heavy (non-hydrogen) atoms. The molecule has 1 amide bonds. The molecule has 2 aromatic heterocycles. The van der Waals surface area contributed by atoms with Crippen molar-refractivity contribution in [3.63, 3.8) is 0 Å². The van der Waals surface area contributed by atoms with E-state index < -0.39 is 22.5 Å². The molecule has 0 spiro atoms. The Morgan fingerprint density at radius 2 is 1.97 bits per heavy atom. The summed E-state index contributed by atoms with van der Waals surface area (Å²) in [4.78, 5) is 17.5. The molecule has 2 heterocycles. The molecule has 7 nitrogen and oxygen atoms in total. The Morgan fingerprint density at radius 3 is 2.63 bits per heavy atom. The maximum atomic E-state index is 14.3. The predicted molar refractivity (Wildman–Crippen MR) is 102 cm³/mol. The molecule has 2 aliphatic rings.